The van der Waals surface area contributed by atoms with Crippen LogP contribution in [0.25, 0.3) is 0 Å². The van der Waals surface area contributed by atoms with E-state index in [1.807, 2.05) is 29.2 Å². The molecule has 0 radical (unpaired) electrons. The molecule has 0 aliphatic carbocycles. The minimum absolute atomic E-state index is 0. The van der Waals surface area contributed by atoms with Crippen molar-refractivity contribution in [2.75, 3.05) is 44.3 Å². The van der Waals surface area contributed by atoms with Crippen LogP contribution in [0.1, 0.15) is 22.3 Å². The first-order valence-electron chi connectivity index (χ1n) is 9.24. The molecule has 3 N–H and O–H groups in total. The van der Waals surface area contributed by atoms with E-state index < -0.39 is 0 Å². The SMILES string of the molecule is CN1CCN(C(=O)c2ccc(NC(=O)CCc3ccccc3N)cc2)CC1.Cl.Cl. The number of piperazine rings is 1. The summed E-state index contributed by atoms with van der Waals surface area (Å²) in [5.41, 5.74) is 8.92. The zero-order chi connectivity index (χ0) is 19.2. The molecule has 1 saturated heterocycles. The van der Waals surface area contributed by atoms with Gasteiger partial charge in [-0.15, -0.1) is 24.8 Å². The average Bonchev–Trinajstić information content (AvgIpc) is 2.68. The van der Waals surface area contributed by atoms with Gasteiger partial charge in [0, 0.05) is 49.5 Å². The molecule has 1 heterocycles. The first-order valence-corrected chi connectivity index (χ1v) is 9.24. The molecule has 3 rings (SSSR count). The number of nitrogen functional groups attached to an aromatic ring is 1. The maximum absolute atomic E-state index is 12.5. The third-order valence-electron chi connectivity index (χ3n) is 4.88. The lowest BCUT2D eigenvalue weighted by atomic mass is 10.1. The van der Waals surface area contributed by atoms with Gasteiger partial charge < -0.3 is 20.9 Å². The Labute approximate surface area is 184 Å². The van der Waals surface area contributed by atoms with Crippen molar-refractivity contribution in [1.29, 1.82) is 0 Å². The molecule has 0 aromatic heterocycles. The van der Waals surface area contributed by atoms with Crippen molar-refractivity contribution >= 4 is 48.0 Å². The zero-order valence-corrected chi connectivity index (χ0v) is 18.1. The second kappa shape index (κ2) is 11.7. The lowest BCUT2D eigenvalue weighted by Crippen LogP contribution is -2.47. The highest BCUT2D eigenvalue weighted by atomic mass is 35.5. The quantitative estimate of drug-likeness (QED) is 0.702. The van der Waals surface area contributed by atoms with Gasteiger partial charge in [0.25, 0.3) is 5.91 Å². The van der Waals surface area contributed by atoms with Gasteiger partial charge in [-0.05, 0) is 49.4 Å². The summed E-state index contributed by atoms with van der Waals surface area (Å²) in [6.07, 6.45) is 0.953. The van der Waals surface area contributed by atoms with Crippen molar-refractivity contribution in [3.8, 4) is 0 Å². The van der Waals surface area contributed by atoms with Crippen LogP contribution in [0.15, 0.2) is 48.5 Å². The number of amides is 2. The normalized spacial score (nSPS) is 13.8. The van der Waals surface area contributed by atoms with Crippen LogP contribution in [0.3, 0.4) is 0 Å². The minimum Gasteiger partial charge on any atom is -0.399 e. The number of likely N-dealkylation sites (N-methyl/N-ethyl adjacent to an activating group) is 1. The van der Waals surface area contributed by atoms with Crippen molar-refractivity contribution in [2.45, 2.75) is 12.8 Å². The highest BCUT2D eigenvalue weighted by molar-refractivity contribution is 5.96. The van der Waals surface area contributed by atoms with E-state index in [0.29, 0.717) is 29.8 Å². The van der Waals surface area contributed by atoms with E-state index in [2.05, 4.69) is 17.3 Å². The predicted molar refractivity (Wildman–Crippen MR) is 122 cm³/mol. The van der Waals surface area contributed by atoms with Gasteiger partial charge in [-0.2, -0.15) is 0 Å². The maximum atomic E-state index is 12.5. The largest absolute Gasteiger partial charge is 0.399 e. The Bertz CT molecular complexity index is 807. The Hall–Kier alpha value is -2.28. The predicted octanol–water partition coefficient (Wildman–Crippen LogP) is 3.07. The Morgan fingerprint density at radius 3 is 2.21 bits per heavy atom. The number of hydrogen-bond acceptors (Lipinski definition) is 4. The number of benzene rings is 2. The van der Waals surface area contributed by atoms with Gasteiger partial charge in [0.2, 0.25) is 5.91 Å². The van der Waals surface area contributed by atoms with Gasteiger partial charge in [-0.25, -0.2) is 0 Å². The molecule has 8 heteroatoms. The molecule has 2 aromatic rings. The number of nitrogens with zero attached hydrogens (tertiary/aromatic N) is 2. The molecule has 158 valence electrons. The minimum atomic E-state index is -0.0728. The molecule has 1 aliphatic rings. The summed E-state index contributed by atoms with van der Waals surface area (Å²) < 4.78 is 0. The Kier molecular flexibility index (Phi) is 9.95. The summed E-state index contributed by atoms with van der Waals surface area (Å²) in [4.78, 5) is 28.8. The number of para-hydroxylation sites is 1. The molecule has 0 unspecified atom stereocenters. The molecular formula is C21H28Cl2N4O2. The monoisotopic (exact) mass is 438 g/mol. The number of aryl methyl sites for hydroxylation is 1. The molecular weight excluding hydrogens is 411 g/mol. The Morgan fingerprint density at radius 2 is 1.59 bits per heavy atom. The summed E-state index contributed by atoms with van der Waals surface area (Å²) in [6, 6.07) is 14.7. The van der Waals surface area contributed by atoms with Gasteiger partial charge in [-0.1, -0.05) is 18.2 Å². The smallest absolute Gasteiger partial charge is 0.253 e. The molecule has 0 spiro atoms. The first-order chi connectivity index (χ1) is 13.0. The van der Waals surface area contributed by atoms with Crippen LogP contribution in [-0.2, 0) is 11.2 Å². The van der Waals surface area contributed by atoms with E-state index in [1.54, 1.807) is 24.3 Å². The molecule has 2 amide bonds. The topological polar surface area (TPSA) is 78.7 Å². The number of carbonyl (C=O) groups excluding carboxylic acids is 2. The van der Waals surface area contributed by atoms with E-state index >= 15 is 0 Å². The van der Waals surface area contributed by atoms with Crippen molar-refractivity contribution in [3.63, 3.8) is 0 Å². The van der Waals surface area contributed by atoms with Crippen molar-refractivity contribution < 1.29 is 9.59 Å². The van der Waals surface area contributed by atoms with Crippen LogP contribution in [0.2, 0.25) is 0 Å². The second-order valence-electron chi connectivity index (χ2n) is 6.92. The molecule has 6 nitrogen and oxygen atoms in total. The summed E-state index contributed by atoms with van der Waals surface area (Å²) in [7, 11) is 2.06. The second-order valence-corrected chi connectivity index (χ2v) is 6.92. The molecule has 1 aliphatic heterocycles. The number of nitrogens with one attached hydrogen (secondary N) is 1. The summed E-state index contributed by atoms with van der Waals surface area (Å²) in [5, 5.41) is 2.87. The van der Waals surface area contributed by atoms with Crippen LogP contribution >= 0.6 is 24.8 Å². The molecule has 1 fully saturated rings. The van der Waals surface area contributed by atoms with Gasteiger partial charge in [0.1, 0.15) is 0 Å². The number of carbonyl (C=O) groups is 2. The summed E-state index contributed by atoms with van der Waals surface area (Å²) in [6.45, 7) is 3.28. The van der Waals surface area contributed by atoms with Crippen LogP contribution < -0.4 is 11.1 Å². The van der Waals surface area contributed by atoms with Crippen molar-refractivity contribution in [1.82, 2.24) is 9.80 Å². The lowest BCUT2D eigenvalue weighted by Gasteiger charge is -2.32. The third-order valence-corrected chi connectivity index (χ3v) is 4.88. The Morgan fingerprint density at radius 1 is 0.966 bits per heavy atom. The third kappa shape index (κ3) is 6.92. The van der Waals surface area contributed by atoms with Gasteiger partial charge in [0.15, 0.2) is 0 Å². The Balaban J connectivity index is 0.00000210. The molecule has 0 atom stereocenters. The summed E-state index contributed by atoms with van der Waals surface area (Å²) >= 11 is 0. The summed E-state index contributed by atoms with van der Waals surface area (Å²) in [5.74, 6) is -0.0306. The number of halogens is 2. The van der Waals surface area contributed by atoms with Crippen molar-refractivity contribution in [3.05, 3.63) is 59.7 Å². The highest BCUT2D eigenvalue weighted by Gasteiger charge is 2.20. The van der Waals surface area contributed by atoms with Crippen molar-refractivity contribution in [2.24, 2.45) is 0 Å². The molecule has 2 aromatic carbocycles. The lowest BCUT2D eigenvalue weighted by molar-refractivity contribution is -0.116. The van der Waals surface area contributed by atoms with E-state index in [9.17, 15) is 9.59 Å². The van der Waals surface area contributed by atoms with Crippen LogP contribution in [0, 0.1) is 0 Å². The number of hydrogen-bond donors (Lipinski definition) is 2. The van der Waals surface area contributed by atoms with Gasteiger partial charge >= 0.3 is 0 Å². The van der Waals surface area contributed by atoms with E-state index in [1.165, 1.54) is 0 Å². The number of nitrogens with two attached hydrogens (primary N) is 1. The van der Waals surface area contributed by atoms with E-state index in [-0.39, 0.29) is 36.6 Å². The zero-order valence-electron chi connectivity index (χ0n) is 16.5. The average molecular weight is 439 g/mol. The van der Waals surface area contributed by atoms with Crippen LogP contribution in [0.4, 0.5) is 11.4 Å². The van der Waals surface area contributed by atoms with E-state index in [4.69, 9.17) is 5.73 Å². The highest BCUT2D eigenvalue weighted by Crippen LogP contribution is 2.15. The van der Waals surface area contributed by atoms with Crippen LogP contribution in [0.5, 0.6) is 0 Å². The van der Waals surface area contributed by atoms with Gasteiger partial charge in [-0.3, -0.25) is 9.59 Å². The maximum Gasteiger partial charge on any atom is 0.253 e. The fourth-order valence-electron chi connectivity index (χ4n) is 3.12. The number of rotatable bonds is 5. The molecule has 0 bridgehead atoms. The van der Waals surface area contributed by atoms with Crippen LogP contribution in [-0.4, -0.2) is 54.8 Å². The molecule has 29 heavy (non-hydrogen) atoms. The van der Waals surface area contributed by atoms with Gasteiger partial charge in [0.05, 0.1) is 0 Å². The standard InChI is InChI=1S/C21H26N4O2.2ClH/c1-24-12-14-25(15-13-24)21(27)17-6-9-18(10-7-17)23-20(26)11-8-16-4-2-3-5-19(16)22;;/h2-7,9-10H,8,11-15,22H2,1H3,(H,23,26);2*1H. The molecule has 0 saturated carbocycles. The fourth-order valence-corrected chi connectivity index (χ4v) is 3.12. The van der Waals surface area contributed by atoms with E-state index in [0.717, 1.165) is 31.7 Å². The number of anilines is 2. The fraction of sp³-hybridized carbons (Fsp3) is 0.333. The first kappa shape index (κ1) is 24.8.